The van der Waals surface area contributed by atoms with Gasteiger partial charge in [-0.3, -0.25) is 9.59 Å². The lowest BCUT2D eigenvalue weighted by molar-refractivity contribution is -0.121. The Labute approximate surface area is 186 Å². The first-order valence-electron chi connectivity index (χ1n) is 9.96. The summed E-state index contributed by atoms with van der Waals surface area (Å²) >= 11 is 6.19. The molecule has 1 aromatic heterocycles. The van der Waals surface area contributed by atoms with Gasteiger partial charge in [-0.1, -0.05) is 23.7 Å². The maximum atomic E-state index is 12.9. The van der Waals surface area contributed by atoms with Gasteiger partial charge in [0.25, 0.3) is 0 Å². The van der Waals surface area contributed by atoms with Gasteiger partial charge in [0.15, 0.2) is 5.76 Å². The number of hydrogen-bond acceptors (Lipinski definition) is 6. The van der Waals surface area contributed by atoms with Gasteiger partial charge < -0.3 is 15.2 Å². The number of nitrogens with one attached hydrogen (secondary N) is 2. The number of aromatic nitrogens is 1. The van der Waals surface area contributed by atoms with Crippen LogP contribution in [-0.2, 0) is 19.6 Å². The third-order valence-corrected chi connectivity index (χ3v) is 7.69. The van der Waals surface area contributed by atoms with E-state index >= 15 is 0 Å². The number of nitrogens with zero attached hydrogens (tertiary/aromatic N) is 2. The van der Waals surface area contributed by atoms with Crippen molar-refractivity contribution in [3.05, 3.63) is 34.7 Å². The lowest BCUT2D eigenvalue weighted by Crippen LogP contribution is -2.41. The van der Waals surface area contributed by atoms with Crippen LogP contribution in [0.4, 0.5) is 11.4 Å². The van der Waals surface area contributed by atoms with Crippen molar-refractivity contribution in [2.75, 3.05) is 23.7 Å². The summed E-state index contributed by atoms with van der Waals surface area (Å²) in [7, 11) is -3.73. The highest BCUT2D eigenvalue weighted by molar-refractivity contribution is 7.89. The van der Waals surface area contributed by atoms with Crippen LogP contribution in [-0.4, -0.2) is 42.8 Å². The van der Waals surface area contributed by atoms with E-state index in [0.29, 0.717) is 41.4 Å². The Balaban J connectivity index is 1.65. The second kappa shape index (κ2) is 9.37. The summed E-state index contributed by atoms with van der Waals surface area (Å²) in [6, 6.07) is 4.86. The van der Waals surface area contributed by atoms with Crippen LogP contribution in [0.1, 0.15) is 37.6 Å². The molecule has 3 rings (SSSR count). The number of carbonyl (C=O) groups excluding carboxylic acids is 2. The average molecular weight is 469 g/mol. The Bertz CT molecular complexity index is 1070. The maximum Gasteiger partial charge on any atom is 0.248 e. The molecule has 2 aromatic rings. The highest BCUT2D eigenvalue weighted by atomic mass is 35.5. The molecule has 0 spiro atoms. The summed E-state index contributed by atoms with van der Waals surface area (Å²) in [5.74, 6) is -0.496. The Morgan fingerprint density at radius 2 is 1.90 bits per heavy atom. The lowest BCUT2D eigenvalue weighted by atomic mass is 9.97. The van der Waals surface area contributed by atoms with E-state index < -0.39 is 10.0 Å². The zero-order chi connectivity index (χ0) is 22.8. The molecule has 168 valence electrons. The second-order valence-electron chi connectivity index (χ2n) is 7.42. The first-order chi connectivity index (χ1) is 14.6. The van der Waals surface area contributed by atoms with Crippen molar-refractivity contribution in [1.82, 2.24) is 9.46 Å². The summed E-state index contributed by atoms with van der Waals surface area (Å²) < 4.78 is 32.2. The minimum atomic E-state index is -3.73. The molecule has 2 N–H and O–H groups in total. The molecular formula is C20H25ClN4O5S. The van der Waals surface area contributed by atoms with E-state index in [1.165, 1.54) is 4.31 Å². The Morgan fingerprint density at radius 1 is 1.23 bits per heavy atom. The van der Waals surface area contributed by atoms with Gasteiger partial charge in [0.05, 0.1) is 10.7 Å². The molecule has 31 heavy (non-hydrogen) atoms. The fraction of sp³-hybridized carbons (Fsp3) is 0.450. The Kier molecular flexibility index (Phi) is 7.03. The van der Waals surface area contributed by atoms with Crippen LogP contribution in [0.5, 0.6) is 0 Å². The molecule has 2 amide bonds. The molecule has 1 fully saturated rings. The predicted octanol–water partition coefficient (Wildman–Crippen LogP) is 3.33. The van der Waals surface area contributed by atoms with Crippen molar-refractivity contribution < 1.29 is 22.5 Å². The zero-order valence-electron chi connectivity index (χ0n) is 17.6. The van der Waals surface area contributed by atoms with Crippen LogP contribution in [0.15, 0.2) is 27.6 Å². The zero-order valence-corrected chi connectivity index (χ0v) is 19.1. The highest BCUT2D eigenvalue weighted by Gasteiger charge is 2.35. The number of halogens is 1. The summed E-state index contributed by atoms with van der Waals surface area (Å²) in [5, 5.41) is 9.59. The van der Waals surface area contributed by atoms with Crippen LogP contribution in [0.2, 0.25) is 5.02 Å². The second-order valence-corrected chi connectivity index (χ2v) is 9.70. The first kappa shape index (κ1) is 23.2. The molecule has 0 radical (unpaired) electrons. The van der Waals surface area contributed by atoms with Gasteiger partial charge in [0.2, 0.25) is 21.8 Å². The summed E-state index contributed by atoms with van der Waals surface area (Å²) in [6.45, 7) is 5.32. The van der Waals surface area contributed by atoms with Gasteiger partial charge in [-0.15, -0.1) is 0 Å². The molecule has 0 unspecified atom stereocenters. The number of amides is 2. The van der Waals surface area contributed by atoms with Crippen molar-refractivity contribution in [3.8, 4) is 0 Å². The van der Waals surface area contributed by atoms with E-state index in [1.54, 1.807) is 39.0 Å². The predicted molar refractivity (Wildman–Crippen MR) is 116 cm³/mol. The van der Waals surface area contributed by atoms with E-state index in [0.717, 1.165) is 0 Å². The maximum absolute atomic E-state index is 12.9. The molecule has 0 atom stereocenters. The van der Waals surface area contributed by atoms with Crippen LogP contribution in [0.3, 0.4) is 0 Å². The molecule has 0 aliphatic carbocycles. The molecule has 1 saturated heterocycles. The van der Waals surface area contributed by atoms with Crippen LogP contribution >= 0.6 is 11.6 Å². The molecule has 0 bridgehead atoms. The normalized spacial score (nSPS) is 15.6. The third-order valence-electron chi connectivity index (χ3n) is 5.22. The van der Waals surface area contributed by atoms with Gasteiger partial charge in [-0.2, -0.15) is 4.31 Å². The minimum Gasteiger partial charge on any atom is -0.360 e. The molecule has 2 heterocycles. The van der Waals surface area contributed by atoms with E-state index in [-0.39, 0.29) is 41.5 Å². The SMILES string of the molecule is CCC(=O)Nc1ccc(Cl)c(NC(=O)C2CCN(S(=O)(=O)c3c(C)noc3C)CC2)c1. The number of carbonyl (C=O) groups is 2. The van der Waals surface area contributed by atoms with Crippen molar-refractivity contribution >= 4 is 44.8 Å². The van der Waals surface area contributed by atoms with Crippen molar-refractivity contribution in [2.24, 2.45) is 5.92 Å². The smallest absolute Gasteiger partial charge is 0.248 e. The fourth-order valence-corrected chi connectivity index (χ4v) is 5.44. The van der Waals surface area contributed by atoms with Crippen LogP contribution in [0.25, 0.3) is 0 Å². The van der Waals surface area contributed by atoms with E-state index in [4.69, 9.17) is 16.1 Å². The van der Waals surface area contributed by atoms with Crippen LogP contribution in [0, 0.1) is 19.8 Å². The van der Waals surface area contributed by atoms with Crippen molar-refractivity contribution in [3.63, 3.8) is 0 Å². The average Bonchev–Trinajstić information content (AvgIpc) is 3.09. The van der Waals surface area contributed by atoms with Gasteiger partial charge in [-0.25, -0.2) is 8.42 Å². The van der Waals surface area contributed by atoms with Gasteiger partial charge in [0.1, 0.15) is 10.6 Å². The number of anilines is 2. The molecule has 1 aliphatic heterocycles. The molecular weight excluding hydrogens is 444 g/mol. The standard InChI is InChI=1S/C20H25ClN4O5S/c1-4-18(26)22-15-5-6-16(21)17(11-15)23-20(27)14-7-9-25(10-8-14)31(28,29)19-12(2)24-30-13(19)3/h5-6,11,14H,4,7-10H2,1-3H3,(H,22,26)(H,23,27). The van der Waals surface area contributed by atoms with E-state index in [2.05, 4.69) is 15.8 Å². The Hall–Kier alpha value is -2.43. The summed E-state index contributed by atoms with van der Waals surface area (Å²) in [4.78, 5) is 24.4. The molecule has 9 nitrogen and oxygen atoms in total. The largest absolute Gasteiger partial charge is 0.360 e. The van der Waals surface area contributed by atoms with E-state index in [1.807, 2.05) is 0 Å². The molecule has 1 aliphatic rings. The lowest BCUT2D eigenvalue weighted by Gasteiger charge is -2.30. The first-order valence-corrected chi connectivity index (χ1v) is 11.8. The molecule has 11 heteroatoms. The van der Waals surface area contributed by atoms with Gasteiger partial charge >= 0.3 is 0 Å². The number of hydrogen-bond donors (Lipinski definition) is 2. The summed E-state index contributed by atoms with van der Waals surface area (Å²) in [5.41, 5.74) is 1.25. The van der Waals surface area contributed by atoms with Crippen molar-refractivity contribution in [2.45, 2.75) is 44.9 Å². The van der Waals surface area contributed by atoms with Crippen molar-refractivity contribution in [1.29, 1.82) is 0 Å². The number of piperidine rings is 1. The third kappa shape index (κ3) is 5.08. The van der Waals surface area contributed by atoms with E-state index in [9.17, 15) is 18.0 Å². The number of sulfonamides is 1. The quantitative estimate of drug-likeness (QED) is 0.670. The number of aryl methyl sites for hydroxylation is 2. The highest BCUT2D eigenvalue weighted by Crippen LogP contribution is 2.30. The molecule has 0 saturated carbocycles. The van der Waals surface area contributed by atoms with Crippen LogP contribution < -0.4 is 10.6 Å². The van der Waals surface area contributed by atoms with Gasteiger partial charge in [-0.05, 0) is 44.9 Å². The number of benzene rings is 1. The number of rotatable bonds is 6. The Morgan fingerprint density at radius 3 is 2.48 bits per heavy atom. The molecule has 1 aromatic carbocycles. The topological polar surface area (TPSA) is 122 Å². The summed E-state index contributed by atoms with van der Waals surface area (Å²) in [6.07, 6.45) is 1.08. The monoisotopic (exact) mass is 468 g/mol. The fourth-order valence-electron chi connectivity index (χ4n) is 3.51. The minimum absolute atomic E-state index is 0.0909. The van der Waals surface area contributed by atoms with Gasteiger partial charge in [0, 0.05) is 31.1 Å².